The number of anilines is 1. The number of methoxy groups -OCH3 is 1. The van der Waals surface area contributed by atoms with E-state index in [-0.39, 0.29) is 18.4 Å². The second-order valence-corrected chi connectivity index (χ2v) is 7.27. The highest BCUT2D eigenvalue weighted by Gasteiger charge is 2.24. The van der Waals surface area contributed by atoms with Gasteiger partial charge in [0, 0.05) is 28.7 Å². The molecule has 2 aromatic rings. The summed E-state index contributed by atoms with van der Waals surface area (Å²) in [6, 6.07) is 11.0. The van der Waals surface area contributed by atoms with E-state index in [4.69, 9.17) is 21.5 Å². The molecule has 0 fully saturated rings. The molecular weight excluding hydrogens is 386 g/mol. The first-order valence-electron chi connectivity index (χ1n) is 8.40. The number of benzene rings is 2. The van der Waals surface area contributed by atoms with Gasteiger partial charge in [-0.1, -0.05) is 29.8 Å². The second-order valence-electron chi connectivity index (χ2n) is 6.19. The monoisotopic (exact) mass is 405 g/mol. The lowest BCUT2D eigenvalue weighted by Gasteiger charge is -2.29. The van der Waals surface area contributed by atoms with E-state index < -0.39 is 0 Å². The number of amides is 2. The van der Waals surface area contributed by atoms with Crippen LogP contribution in [0.15, 0.2) is 41.3 Å². The molecule has 0 bridgehead atoms. The van der Waals surface area contributed by atoms with Gasteiger partial charge in [-0.2, -0.15) is 0 Å². The average molecular weight is 406 g/mol. The molecule has 1 aliphatic heterocycles. The summed E-state index contributed by atoms with van der Waals surface area (Å²) in [5.74, 6) is -0.170. The highest BCUT2D eigenvalue weighted by Crippen LogP contribution is 2.31. The molecule has 0 aromatic heterocycles. The second kappa shape index (κ2) is 8.65. The first-order valence-corrected chi connectivity index (χ1v) is 9.66. The van der Waals surface area contributed by atoms with Crippen LogP contribution in [0, 0.1) is 0 Å². The van der Waals surface area contributed by atoms with E-state index in [9.17, 15) is 9.59 Å². The van der Waals surface area contributed by atoms with Crippen molar-refractivity contribution in [2.75, 3.05) is 19.0 Å². The van der Waals surface area contributed by atoms with E-state index in [2.05, 4.69) is 5.32 Å². The summed E-state index contributed by atoms with van der Waals surface area (Å²) in [4.78, 5) is 26.8. The molecule has 0 unspecified atom stereocenters. The number of halogens is 1. The van der Waals surface area contributed by atoms with Gasteiger partial charge in [0.15, 0.2) is 0 Å². The molecule has 27 heavy (non-hydrogen) atoms. The van der Waals surface area contributed by atoms with Gasteiger partial charge in [0.25, 0.3) is 0 Å². The standard InChI is InChI=1S/C19H20ClN3O3S/c1-26-19(25)23-7-6-15-13(11-23)8-14(10-17(15)27-21)22-18(24)9-12-4-2-3-5-16(12)20/h2-5,8,10H,6-7,9,11,21H2,1H3,(H,22,24). The minimum atomic E-state index is -0.365. The Labute approximate surface area is 167 Å². The Morgan fingerprint density at radius 2 is 2.11 bits per heavy atom. The molecule has 142 valence electrons. The Morgan fingerprint density at radius 3 is 2.81 bits per heavy atom. The maximum absolute atomic E-state index is 12.4. The topological polar surface area (TPSA) is 84.7 Å². The van der Waals surface area contributed by atoms with Crippen LogP contribution in [-0.2, 0) is 28.9 Å². The summed E-state index contributed by atoms with van der Waals surface area (Å²) in [5, 5.41) is 9.28. The maximum Gasteiger partial charge on any atom is 0.409 e. The Hall–Kier alpha value is -2.22. The fourth-order valence-electron chi connectivity index (χ4n) is 3.14. The normalized spacial score (nSPS) is 13.1. The van der Waals surface area contributed by atoms with Crippen LogP contribution in [0.1, 0.15) is 16.7 Å². The molecule has 0 spiro atoms. The zero-order valence-electron chi connectivity index (χ0n) is 14.8. The number of nitrogens with zero attached hydrogens (tertiary/aromatic N) is 1. The Bertz CT molecular complexity index is 875. The molecule has 0 radical (unpaired) electrons. The van der Waals surface area contributed by atoms with Gasteiger partial charge in [-0.15, -0.1) is 0 Å². The molecule has 2 aromatic carbocycles. The molecule has 0 aliphatic carbocycles. The van der Waals surface area contributed by atoms with E-state index in [1.54, 1.807) is 11.0 Å². The average Bonchev–Trinajstić information content (AvgIpc) is 2.67. The first kappa shape index (κ1) is 19.5. The number of nitrogens with one attached hydrogen (secondary N) is 1. The van der Waals surface area contributed by atoms with Crippen LogP contribution in [-0.4, -0.2) is 30.6 Å². The van der Waals surface area contributed by atoms with E-state index in [0.717, 1.165) is 33.5 Å². The number of nitrogens with two attached hydrogens (primary N) is 1. The summed E-state index contributed by atoms with van der Waals surface area (Å²) in [5.41, 5.74) is 3.47. The number of rotatable bonds is 4. The largest absolute Gasteiger partial charge is 0.453 e. The molecule has 0 saturated carbocycles. The molecule has 8 heteroatoms. The third-order valence-electron chi connectivity index (χ3n) is 4.45. The molecule has 0 atom stereocenters. The predicted octanol–water partition coefficient (Wildman–Crippen LogP) is 3.61. The lowest BCUT2D eigenvalue weighted by atomic mass is 9.99. The van der Waals surface area contributed by atoms with Crippen molar-refractivity contribution in [1.29, 1.82) is 0 Å². The quantitative estimate of drug-likeness (QED) is 0.759. The molecule has 0 saturated heterocycles. The van der Waals surface area contributed by atoms with Gasteiger partial charge < -0.3 is 15.0 Å². The van der Waals surface area contributed by atoms with Gasteiger partial charge in [-0.05, 0) is 53.3 Å². The number of carbonyl (C=O) groups is 2. The van der Waals surface area contributed by atoms with E-state index in [1.807, 2.05) is 30.3 Å². The lowest BCUT2D eigenvalue weighted by molar-refractivity contribution is -0.115. The van der Waals surface area contributed by atoms with Crippen LogP contribution in [0.3, 0.4) is 0 Å². The van der Waals surface area contributed by atoms with Gasteiger partial charge in [-0.25, -0.2) is 4.79 Å². The van der Waals surface area contributed by atoms with Crippen LogP contribution < -0.4 is 10.5 Å². The van der Waals surface area contributed by atoms with E-state index >= 15 is 0 Å². The summed E-state index contributed by atoms with van der Waals surface area (Å²) < 4.78 is 4.81. The van der Waals surface area contributed by atoms with Crippen molar-refractivity contribution in [2.45, 2.75) is 24.3 Å². The van der Waals surface area contributed by atoms with Crippen molar-refractivity contribution in [2.24, 2.45) is 5.14 Å². The molecule has 2 amide bonds. The smallest absolute Gasteiger partial charge is 0.409 e. The Balaban J connectivity index is 1.79. The fourth-order valence-corrected chi connectivity index (χ4v) is 3.91. The first-order chi connectivity index (χ1) is 13.0. The highest BCUT2D eigenvalue weighted by molar-refractivity contribution is 7.97. The van der Waals surface area contributed by atoms with Crippen molar-refractivity contribution in [3.63, 3.8) is 0 Å². The molecule has 1 heterocycles. The summed E-state index contributed by atoms with van der Waals surface area (Å²) in [7, 11) is 1.37. The van der Waals surface area contributed by atoms with Crippen molar-refractivity contribution in [3.05, 3.63) is 58.1 Å². The van der Waals surface area contributed by atoms with Gasteiger partial charge in [0.2, 0.25) is 5.91 Å². The molecular formula is C19H20ClN3O3S. The summed E-state index contributed by atoms with van der Waals surface area (Å²) in [6.07, 6.45) is 0.504. The van der Waals surface area contributed by atoms with Gasteiger partial charge >= 0.3 is 6.09 Å². The number of ether oxygens (including phenoxy) is 1. The predicted molar refractivity (Wildman–Crippen MR) is 107 cm³/mol. The van der Waals surface area contributed by atoms with E-state index in [0.29, 0.717) is 30.2 Å². The van der Waals surface area contributed by atoms with Gasteiger partial charge in [0.05, 0.1) is 13.5 Å². The number of carbonyl (C=O) groups excluding carboxylic acids is 2. The highest BCUT2D eigenvalue weighted by atomic mass is 35.5. The van der Waals surface area contributed by atoms with Crippen molar-refractivity contribution in [1.82, 2.24) is 4.90 Å². The summed E-state index contributed by atoms with van der Waals surface area (Å²) >= 11 is 7.26. The number of hydrogen-bond donors (Lipinski definition) is 2. The van der Waals surface area contributed by atoms with Crippen LogP contribution in [0.4, 0.5) is 10.5 Å². The van der Waals surface area contributed by atoms with Crippen LogP contribution in [0.2, 0.25) is 5.02 Å². The minimum Gasteiger partial charge on any atom is -0.453 e. The minimum absolute atomic E-state index is 0.170. The fraction of sp³-hybridized carbons (Fsp3) is 0.263. The SMILES string of the molecule is COC(=O)N1CCc2c(cc(NC(=O)Cc3ccccc3Cl)cc2SN)C1. The third kappa shape index (κ3) is 4.55. The Morgan fingerprint density at radius 1 is 1.33 bits per heavy atom. The van der Waals surface area contributed by atoms with Crippen LogP contribution in [0.25, 0.3) is 0 Å². The van der Waals surface area contributed by atoms with Crippen LogP contribution >= 0.6 is 23.5 Å². The zero-order valence-corrected chi connectivity index (χ0v) is 16.4. The van der Waals surface area contributed by atoms with Crippen LogP contribution in [0.5, 0.6) is 0 Å². The molecule has 3 N–H and O–H groups in total. The Kier molecular flexibility index (Phi) is 6.26. The maximum atomic E-state index is 12.4. The number of fused-ring (bicyclic) bond motifs is 1. The molecule has 1 aliphatic rings. The number of hydrogen-bond acceptors (Lipinski definition) is 5. The lowest BCUT2D eigenvalue weighted by Crippen LogP contribution is -2.36. The third-order valence-corrected chi connectivity index (χ3v) is 5.43. The van der Waals surface area contributed by atoms with Crippen molar-refractivity contribution >= 4 is 41.2 Å². The molecule has 3 rings (SSSR count). The van der Waals surface area contributed by atoms with Gasteiger partial charge in [-0.3, -0.25) is 9.93 Å². The molecule has 6 nitrogen and oxygen atoms in total. The zero-order chi connectivity index (χ0) is 19.4. The summed E-state index contributed by atoms with van der Waals surface area (Å²) in [6.45, 7) is 0.995. The van der Waals surface area contributed by atoms with Crippen molar-refractivity contribution < 1.29 is 14.3 Å². The van der Waals surface area contributed by atoms with Crippen molar-refractivity contribution in [3.8, 4) is 0 Å². The van der Waals surface area contributed by atoms with E-state index in [1.165, 1.54) is 7.11 Å². The van der Waals surface area contributed by atoms with Gasteiger partial charge in [0.1, 0.15) is 0 Å².